The molecule has 2 saturated heterocycles. The van der Waals surface area contributed by atoms with Crippen LogP contribution in [-0.4, -0.2) is 76.3 Å². The van der Waals surface area contributed by atoms with E-state index in [1.165, 1.54) is 4.90 Å². The molecule has 9 nitrogen and oxygen atoms in total. The van der Waals surface area contributed by atoms with Crippen LogP contribution in [-0.2, 0) is 21.0 Å². The lowest BCUT2D eigenvalue weighted by Crippen LogP contribution is -2.50. The van der Waals surface area contributed by atoms with Gasteiger partial charge in [-0.3, -0.25) is 19.3 Å². The molecule has 3 aliphatic rings. The van der Waals surface area contributed by atoms with E-state index in [0.717, 1.165) is 5.56 Å². The highest BCUT2D eigenvalue weighted by molar-refractivity contribution is 6.30. The molecule has 0 atom stereocenters. The smallest absolute Gasteiger partial charge is 0.311 e. The Balaban J connectivity index is 1.36. The van der Waals surface area contributed by atoms with Gasteiger partial charge in [0.25, 0.3) is 17.7 Å². The molecule has 0 unspecified atom stereocenters. The van der Waals surface area contributed by atoms with E-state index in [1.807, 2.05) is 18.2 Å². The number of carbonyl (C=O) groups is 4. The van der Waals surface area contributed by atoms with E-state index in [2.05, 4.69) is 4.90 Å². The van der Waals surface area contributed by atoms with E-state index in [9.17, 15) is 19.2 Å². The quantitative estimate of drug-likeness (QED) is 0.642. The topological polar surface area (TPSA) is 90.5 Å². The van der Waals surface area contributed by atoms with Gasteiger partial charge < -0.3 is 14.6 Å². The first kappa shape index (κ1) is 22.0. The SMILES string of the molecule is O=C(c1ccc(Cl)cc1CN1CCN(C(=O)ON2C(=O)CCC2=O)CC1)N1C=CC=CC1. The van der Waals surface area contributed by atoms with Gasteiger partial charge >= 0.3 is 6.09 Å². The molecule has 32 heavy (non-hydrogen) atoms. The minimum absolute atomic E-state index is 0.0596. The van der Waals surface area contributed by atoms with Gasteiger partial charge in [-0.15, -0.1) is 5.06 Å². The summed E-state index contributed by atoms with van der Waals surface area (Å²) in [5, 5.41) is 1.11. The van der Waals surface area contributed by atoms with Gasteiger partial charge in [0.2, 0.25) is 0 Å². The van der Waals surface area contributed by atoms with Crippen LogP contribution in [0.2, 0.25) is 5.02 Å². The van der Waals surface area contributed by atoms with Crippen LogP contribution in [0, 0.1) is 0 Å². The summed E-state index contributed by atoms with van der Waals surface area (Å²) in [7, 11) is 0. The van der Waals surface area contributed by atoms with Crippen LogP contribution in [0.15, 0.2) is 42.6 Å². The molecular formula is C22H23ClN4O5. The fourth-order valence-electron chi connectivity index (χ4n) is 3.80. The Kier molecular flexibility index (Phi) is 6.57. The molecule has 10 heteroatoms. The maximum Gasteiger partial charge on any atom is 0.434 e. The fraction of sp³-hybridized carbons (Fsp3) is 0.364. The first-order valence-corrected chi connectivity index (χ1v) is 10.8. The van der Waals surface area contributed by atoms with E-state index in [4.69, 9.17) is 16.4 Å². The minimum Gasteiger partial charge on any atom is -0.311 e. The Labute approximate surface area is 190 Å². The van der Waals surface area contributed by atoms with E-state index >= 15 is 0 Å². The Hall–Kier alpha value is -3.17. The van der Waals surface area contributed by atoms with E-state index in [-0.39, 0.29) is 18.7 Å². The average Bonchev–Trinajstić information content (AvgIpc) is 3.12. The van der Waals surface area contributed by atoms with Crippen LogP contribution in [0.5, 0.6) is 0 Å². The Morgan fingerprint density at radius 2 is 1.72 bits per heavy atom. The first-order valence-electron chi connectivity index (χ1n) is 10.4. The van der Waals surface area contributed by atoms with Gasteiger partial charge in [0.05, 0.1) is 0 Å². The van der Waals surface area contributed by atoms with Gasteiger partial charge in [-0.1, -0.05) is 23.8 Å². The zero-order valence-electron chi connectivity index (χ0n) is 17.4. The largest absolute Gasteiger partial charge is 0.434 e. The summed E-state index contributed by atoms with van der Waals surface area (Å²) in [5.41, 5.74) is 1.40. The van der Waals surface area contributed by atoms with Crippen molar-refractivity contribution in [1.82, 2.24) is 19.8 Å². The molecule has 168 valence electrons. The number of piperazine rings is 1. The van der Waals surface area contributed by atoms with Crippen molar-refractivity contribution < 1.29 is 24.0 Å². The van der Waals surface area contributed by atoms with Crippen molar-refractivity contribution in [3.05, 3.63) is 58.8 Å². The van der Waals surface area contributed by atoms with Gasteiger partial charge in [-0.2, -0.15) is 0 Å². The van der Waals surface area contributed by atoms with Crippen molar-refractivity contribution in [2.24, 2.45) is 0 Å². The third kappa shape index (κ3) is 4.84. The van der Waals surface area contributed by atoms with E-state index in [1.54, 1.807) is 29.3 Å². The summed E-state index contributed by atoms with van der Waals surface area (Å²) < 4.78 is 0. The summed E-state index contributed by atoms with van der Waals surface area (Å²) in [6.45, 7) is 2.85. The molecule has 0 radical (unpaired) electrons. The monoisotopic (exact) mass is 458 g/mol. The molecule has 1 aromatic carbocycles. The van der Waals surface area contributed by atoms with Gasteiger partial charge in [0.15, 0.2) is 0 Å². The molecule has 0 aliphatic carbocycles. The Bertz CT molecular complexity index is 984. The normalized spacial score (nSPS) is 19.1. The average molecular weight is 459 g/mol. The highest BCUT2D eigenvalue weighted by Gasteiger charge is 2.35. The summed E-state index contributed by atoms with van der Waals surface area (Å²) in [6.07, 6.45) is 6.78. The number of benzene rings is 1. The summed E-state index contributed by atoms with van der Waals surface area (Å²) in [5.74, 6) is -1.10. The lowest BCUT2D eigenvalue weighted by molar-refractivity contribution is -0.174. The Morgan fingerprint density at radius 3 is 2.38 bits per heavy atom. The van der Waals surface area contributed by atoms with Crippen molar-refractivity contribution in [2.75, 3.05) is 32.7 Å². The predicted octanol–water partition coefficient (Wildman–Crippen LogP) is 2.18. The second-order valence-electron chi connectivity index (χ2n) is 7.73. The summed E-state index contributed by atoms with van der Waals surface area (Å²) >= 11 is 6.20. The number of carbonyl (C=O) groups excluding carboxylic acids is 4. The fourth-order valence-corrected chi connectivity index (χ4v) is 3.99. The number of amides is 4. The predicted molar refractivity (Wildman–Crippen MR) is 115 cm³/mol. The number of imide groups is 1. The van der Waals surface area contributed by atoms with Crippen molar-refractivity contribution in [1.29, 1.82) is 0 Å². The van der Waals surface area contributed by atoms with Crippen LogP contribution < -0.4 is 0 Å². The number of nitrogens with zero attached hydrogens (tertiary/aromatic N) is 4. The van der Waals surface area contributed by atoms with Crippen molar-refractivity contribution in [2.45, 2.75) is 19.4 Å². The zero-order chi connectivity index (χ0) is 22.7. The van der Waals surface area contributed by atoms with Gasteiger partial charge in [0.1, 0.15) is 0 Å². The molecule has 0 saturated carbocycles. The van der Waals surface area contributed by atoms with Gasteiger partial charge in [-0.25, -0.2) is 4.79 Å². The minimum atomic E-state index is -0.711. The molecule has 2 fully saturated rings. The van der Waals surface area contributed by atoms with Crippen LogP contribution in [0.3, 0.4) is 0 Å². The Morgan fingerprint density at radius 1 is 1.00 bits per heavy atom. The van der Waals surface area contributed by atoms with Gasteiger partial charge in [-0.05, 0) is 29.8 Å². The van der Waals surface area contributed by atoms with Crippen molar-refractivity contribution in [3.63, 3.8) is 0 Å². The number of halogens is 1. The molecule has 0 bridgehead atoms. The lowest BCUT2D eigenvalue weighted by Gasteiger charge is -2.34. The number of allylic oxidation sites excluding steroid dienone is 2. The second-order valence-corrected chi connectivity index (χ2v) is 8.17. The number of rotatable bonds is 4. The number of hydrogen-bond acceptors (Lipinski definition) is 6. The summed E-state index contributed by atoms with van der Waals surface area (Å²) in [6, 6.07) is 5.24. The summed E-state index contributed by atoms with van der Waals surface area (Å²) in [4.78, 5) is 58.8. The number of hydroxylamine groups is 2. The molecule has 0 spiro atoms. The number of hydrogen-bond donors (Lipinski definition) is 0. The molecule has 1 aromatic rings. The van der Waals surface area contributed by atoms with Crippen LogP contribution >= 0.6 is 11.6 Å². The highest BCUT2D eigenvalue weighted by atomic mass is 35.5. The van der Waals surface area contributed by atoms with E-state index in [0.29, 0.717) is 54.9 Å². The van der Waals surface area contributed by atoms with E-state index < -0.39 is 17.9 Å². The standard InChI is InChI=1S/C22H23ClN4O5/c23-17-4-5-18(21(30)25-8-2-1-3-9-25)16(14-17)15-24-10-12-26(13-11-24)22(31)32-27-19(28)6-7-20(27)29/h1-5,8,14H,6-7,9-13,15H2. The zero-order valence-corrected chi connectivity index (χ0v) is 18.2. The van der Waals surface area contributed by atoms with Crippen LogP contribution in [0.4, 0.5) is 4.79 Å². The first-order chi connectivity index (χ1) is 15.4. The molecule has 4 rings (SSSR count). The molecule has 3 heterocycles. The molecule has 3 aliphatic heterocycles. The lowest BCUT2D eigenvalue weighted by atomic mass is 10.0. The third-order valence-corrected chi connectivity index (χ3v) is 5.81. The molecular weight excluding hydrogens is 436 g/mol. The van der Waals surface area contributed by atoms with Gasteiger partial charge in [0, 0.05) is 68.9 Å². The maximum absolute atomic E-state index is 13.0. The molecule has 0 N–H and O–H groups in total. The third-order valence-electron chi connectivity index (χ3n) is 5.57. The highest BCUT2D eigenvalue weighted by Crippen LogP contribution is 2.22. The van der Waals surface area contributed by atoms with Crippen LogP contribution in [0.25, 0.3) is 0 Å². The second kappa shape index (κ2) is 9.54. The maximum atomic E-state index is 13.0. The van der Waals surface area contributed by atoms with Crippen molar-refractivity contribution in [3.8, 4) is 0 Å². The van der Waals surface area contributed by atoms with Crippen LogP contribution in [0.1, 0.15) is 28.8 Å². The molecule has 0 aromatic heterocycles. The van der Waals surface area contributed by atoms with Crippen molar-refractivity contribution >= 4 is 35.4 Å². The molecule has 4 amide bonds.